The zero-order valence-electron chi connectivity index (χ0n) is 14.6. The molecule has 0 spiro atoms. The van der Waals surface area contributed by atoms with E-state index in [-0.39, 0.29) is 5.56 Å². The van der Waals surface area contributed by atoms with Crippen LogP contribution in [0.1, 0.15) is 30.9 Å². The highest BCUT2D eigenvalue weighted by Gasteiger charge is 2.31. The molecule has 0 radical (unpaired) electrons. The fourth-order valence-electron chi connectivity index (χ4n) is 3.38. The van der Waals surface area contributed by atoms with Crippen molar-refractivity contribution in [3.63, 3.8) is 0 Å². The van der Waals surface area contributed by atoms with Gasteiger partial charge in [-0.2, -0.15) is 0 Å². The summed E-state index contributed by atoms with van der Waals surface area (Å²) in [6.07, 6.45) is 0.0615. The Morgan fingerprint density at radius 3 is 2.54 bits per heavy atom. The van der Waals surface area contributed by atoms with Gasteiger partial charge in [-0.05, 0) is 55.7 Å². The monoisotopic (exact) mass is 379 g/mol. The number of allylic oxidation sites excluding steroid dienone is 1. The summed E-state index contributed by atoms with van der Waals surface area (Å²) in [4.78, 5) is 1.61. The highest BCUT2D eigenvalue weighted by atomic mass is 35.5. The van der Waals surface area contributed by atoms with Gasteiger partial charge in [0.15, 0.2) is 0 Å². The molecular weight excluding hydrogens is 360 g/mol. The number of halogens is 3. The van der Waals surface area contributed by atoms with Crippen molar-refractivity contribution in [1.82, 2.24) is 4.90 Å². The van der Waals surface area contributed by atoms with Gasteiger partial charge in [-0.15, -0.1) is 0 Å². The lowest BCUT2D eigenvalue weighted by molar-refractivity contribution is 0.0383. The first-order valence-electron chi connectivity index (χ1n) is 8.44. The second kappa shape index (κ2) is 7.64. The lowest BCUT2D eigenvalue weighted by Gasteiger charge is -2.38. The van der Waals surface area contributed by atoms with Crippen molar-refractivity contribution in [3.8, 4) is 5.75 Å². The fraction of sp³-hybridized carbons (Fsp3) is 0.300. The van der Waals surface area contributed by atoms with Crippen molar-refractivity contribution in [1.29, 1.82) is 0 Å². The van der Waals surface area contributed by atoms with E-state index in [0.29, 0.717) is 47.0 Å². The molecular formula is C20H20ClF2NO2. The quantitative estimate of drug-likeness (QED) is 0.817. The van der Waals surface area contributed by atoms with Crippen LogP contribution in [0.4, 0.5) is 8.78 Å². The molecule has 1 N–H and O–H groups in total. The van der Waals surface area contributed by atoms with E-state index >= 15 is 0 Å². The van der Waals surface area contributed by atoms with Crippen LogP contribution in [-0.2, 0) is 0 Å². The van der Waals surface area contributed by atoms with E-state index in [2.05, 4.69) is 0 Å². The highest BCUT2D eigenvalue weighted by molar-refractivity contribution is 6.32. The molecule has 6 heteroatoms. The number of nitrogens with zero attached hydrogens (tertiary/aromatic N) is 1. The molecule has 1 heterocycles. The molecule has 26 heavy (non-hydrogen) atoms. The van der Waals surface area contributed by atoms with Crippen LogP contribution in [0.2, 0.25) is 5.02 Å². The minimum absolute atomic E-state index is 0.151. The predicted molar refractivity (Wildman–Crippen MR) is 98.8 cm³/mol. The number of aliphatic hydroxyl groups excluding tert-OH is 1. The molecule has 0 bridgehead atoms. The van der Waals surface area contributed by atoms with Gasteiger partial charge < -0.3 is 14.7 Å². The maximum atomic E-state index is 14.6. The van der Waals surface area contributed by atoms with E-state index in [1.807, 2.05) is 6.92 Å². The summed E-state index contributed by atoms with van der Waals surface area (Å²) >= 11 is 6.39. The van der Waals surface area contributed by atoms with E-state index in [9.17, 15) is 13.9 Å². The minimum atomic E-state index is -0.817. The van der Waals surface area contributed by atoms with Gasteiger partial charge in [0.05, 0.1) is 18.4 Å². The Hall–Kier alpha value is -2.11. The summed E-state index contributed by atoms with van der Waals surface area (Å²) in [7, 11) is 1.54. The smallest absolute Gasteiger partial charge is 0.135 e. The molecule has 0 aliphatic carbocycles. The van der Waals surface area contributed by atoms with Crippen molar-refractivity contribution in [3.05, 3.63) is 64.2 Å². The molecule has 0 fully saturated rings. The molecule has 0 saturated carbocycles. The molecule has 138 valence electrons. The van der Waals surface area contributed by atoms with Crippen molar-refractivity contribution in [2.45, 2.75) is 26.0 Å². The third kappa shape index (κ3) is 3.29. The Balaban J connectivity index is 2.33. The third-order valence-corrected chi connectivity index (χ3v) is 4.95. The van der Waals surface area contributed by atoms with Gasteiger partial charge in [-0.3, -0.25) is 0 Å². The lowest BCUT2D eigenvalue weighted by Crippen LogP contribution is -2.37. The van der Waals surface area contributed by atoms with Crippen molar-refractivity contribution >= 4 is 22.9 Å². The van der Waals surface area contributed by atoms with Crippen LogP contribution in [0, 0.1) is 11.6 Å². The molecule has 1 unspecified atom stereocenters. The first-order chi connectivity index (χ1) is 12.5. The van der Waals surface area contributed by atoms with Gasteiger partial charge >= 0.3 is 0 Å². The van der Waals surface area contributed by atoms with Crippen LogP contribution in [0.5, 0.6) is 5.75 Å². The second-order valence-corrected chi connectivity index (χ2v) is 6.48. The minimum Gasteiger partial charge on any atom is -0.497 e. The molecule has 3 rings (SSSR count). The molecule has 3 nitrogen and oxygen atoms in total. The van der Waals surface area contributed by atoms with Gasteiger partial charge in [0.25, 0.3) is 0 Å². The summed E-state index contributed by atoms with van der Waals surface area (Å²) in [6.45, 7) is 2.23. The number of benzene rings is 2. The molecule has 1 aliphatic heterocycles. The van der Waals surface area contributed by atoms with Gasteiger partial charge in [-0.25, -0.2) is 8.78 Å². The van der Waals surface area contributed by atoms with Gasteiger partial charge in [0.1, 0.15) is 23.6 Å². The summed E-state index contributed by atoms with van der Waals surface area (Å²) in [5.41, 5.74) is 1.51. The zero-order chi connectivity index (χ0) is 18.8. The number of ether oxygens (including phenoxy) is 1. The largest absolute Gasteiger partial charge is 0.497 e. The zero-order valence-corrected chi connectivity index (χ0v) is 15.4. The first kappa shape index (κ1) is 18.7. The van der Waals surface area contributed by atoms with Gasteiger partial charge in [-0.1, -0.05) is 17.7 Å². The van der Waals surface area contributed by atoms with Crippen LogP contribution in [-0.4, -0.2) is 29.9 Å². The normalized spacial score (nSPS) is 17.6. The molecule has 0 saturated heterocycles. The average Bonchev–Trinajstić information content (AvgIpc) is 2.62. The lowest BCUT2D eigenvalue weighted by atomic mass is 9.90. The van der Waals surface area contributed by atoms with Crippen molar-refractivity contribution in [2.75, 3.05) is 13.7 Å². The van der Waals surface area contributed by atoms with E-state index < -0.39 is 17.9 Å². The van der Waals surface area contributed by atoms with Crippen LogP contribution in [0.3, 0.4) is 0 Å². The van der Waals surface area contributed by atoms with E-state index in [0.717, 1.165) is 0 Å². The van der Waals surface area contributed by atoms with E-state index in [1.165, 1.54) is 18.2 Å². The summed E-state index contributed by atoms with van der Waals surface area (Å²) in [6, 6.07) is 8.92. The summed E-state index contributed by atoms with van der Waals surface area (Å²) < 4.78 is 34.4. The second-order valence-electron chi connectivity index (χ2n) is 6.07. The van der Waals surface area contributed by atoms with Crippen LogP contribution in [0.15, 0.2) is 36.4 Å². The number of aliphatic hydroxyl groups is 1. The predicted octanol–water partition coefficient (Wildman–Crippen LogP) is 4.93. The Kier molecular flexibility index (Phi) is 5.49. The maximum Gasteiger partial charge on any atom is 0.135 e. The number of hydrogen-bond donors (Lipinski definition) is 1. The van der Waals surface area contributed by atoms with E-state index in [4.69, 9.17) is 16.3 Å². The SMILES string of the molecule is CCN1C(c2c(F)cccc2F)=C(c2cc(OC)ccc2Cl)CCC1O. The molecule has 2 aromatic carbocycles. The maximum absolute atomic E-state index is 14.6. The van der Waals surface area contributed by atoms with Crippen LogP contribution < -0.4 is 4.74 Å². The highest BCUT2D eigenvalue weighted by Crippen LogP contribution is 2.42. The standard InChI is InChI=1S/C20H20ClF2NO2/c1-3-24-18(25)10-8-13(14-11-12(26-2)7-9-15(14)21)20(24)19-16(22)5-4-6-17(19)23/h4-7,9,11,18,25H,3,8,10H2,1-2H3. The number of methoxy groups -OCH3 is 1. The Morgan fingerprint density at radius 1 is 1.23 bits per heavy atom. The van der Waals surface area contributed by atoms with E-state index in [1.54, 1.807) is 30.2 Å². The fourth-order valence-corrected chi connectivity index (χ4v) is 3.61. The third-order valence-electron chi connectivity index (χ3n) is 4.62. The van der Waals surface area contributed by atoms with Gasteiger partial charge in [0, 0.05) is 17.1 Å². The van der Waals surface area contributed by atoms with Crippen molar-refractivity contribution in [2.24, 2.45) is 0 Å². The topological polar surface area (TPSA) is 32.7 Å². The van der Waals surface area contributed by atoms with Crippen molar-refractivity contribution < 1.29 is 18.6 Å². The molecule has 2 aromatic rings. The Bertz CT molecular complexity index is 833. The number of hydrogen-bond acceptors (Lipinski definition) is 3. The number of rotatable bonds is 4. The first-order valence-corrected chi connectivity index (χ1v) is 8.81. The van der Waals surface area contributed by atoms with Crippen LogP contribution >= 0.6 is 11.6 Å². The Labute approximate surface area is 156 Å². The average molecular weight is 380 g/mol. The molecule has 0 amide bonds. The molecule has 1 atom stereocenters. The summed E-state index contributed by atoms with van der Waals surface area (Å²) in [5, 5.41) is 10.9. The molecule has 1 aliphatic rings. The Morgan fingerprint density at radius 2 is 1.92 bits per heavy atom. The molecule has 0 aromatic heterocycles. The summed E-state index contributed by atoms with van der Waals surface area (Å²) in [5.74, 6) is -0.757. The van der Waals surface area contributed by atoms with Gasteiger partial charge in [0.2, 0.25) is 0 Å². The van der Waals surface area contributed by atoms with Crippen LogP contribution in [0.25, 0.3) is 11.3 Å².